The highest BCUT2D eigenvalue weighted by Gasteiger charge is 2.27. The molecule has 3 saturated heterocycles. The van der Waals surface area contributed by atoms with Crippen molar-refractivity contribution in [3.05, 3.63) is 0 Å². The summed E-state index contributed by atoms with van der Waals surface area (Å²) < 4.78 is 0. The minimum Gasteiger partial charge on any atom is -0.317 e. The Morgan fingerprint density at radius 1 is 0.882 bits per heavy atom. The molecule has 3 heterocycles. The lowest BCUT2D eigenvalue weighted by Gasteiger charge is -2.42. The summed E-state index contributed by atoms with van der Waals surface area (Å²) in [5.41, 5.74) is 0. The van der Waals surface area contributed by atoms with E-state index in [2.05, 4.69) is 20.4 Å². The Morgan fingerprint density at radius 3 is 2.18 bits per heavy atom. The Labute approximate surface area is 105 Å². The molecule has 0 spiro atoms. The summed E-state index contributed by atoms with van der Waals surface area (Å²) in [4.78, 5) is 5.40. The predicted molar refractivity (Wildman–Crippen MR) is 70.3 cm³/mol. The van der Waals surface area contributed by atoms with Crippen LogP contribution in [-0.4, -0.2) is 74.7 Å². The molecule has 0 saturated carbocycles. The first-order chi connectivity index (χ1) is 8.42. The van der Waals surface area contributed by atoms with E-state index in [0.717, 1.165) is 12.0 Å². The second-order valence-electron chi connectivity index (χ2n) is 5.84. The fourth-order valence-corrected chi connectivity index (χ4v) is 3.33. The molecule has 0 radical (unpaired) electrons. The van der Waals surface area contributed by atoms with Crippen LogP contribution in [0.15, 0.2) is 0 Å². The summed E-state index contributed by atoms with van der Waals surface area (Å²) in [5.74, 6) is 0.931. The second kappa shape index (κ2) is 5.65. The Bertz CT molecular complexity index is 228. The normalized spacial score (nSPS) is 30.4. The summed E-state index contributed by atoms with van der Waals surface area (Å²) in [5, 5.41) is 6.83. The number of nitrogens with zero attached hydrogens (tertiary/aromatic N) is 2. The molecule has 0 aromatic carbocycles. The van der Waals surface area contributed by atoms with Crippen LogP contribution >= 0.6 is 0 Å². The van der Waals surface area contributed by atoms with Crippen molar-refractivity contribution in [2.75, 3.05) is 58.9 Å². The third-order valence-electron chi connectivity index (χ3n) is 4.61. The Morgan fingerprint density at radius 2 is 1.59 bits per heavy atom. The minimum absolute atomic E-state index is 0.865. The molecule has 3 fully saturated rings. The van der Waals surface area contributed by atoms with Gasteiger partial charge in [-0.05, 0) is 31.8 Å². The zero-order valence-electron chi connectivity index (χ0n) is 10.8. The van der Waals surface area contributed by atoms with Crippen LogP contribution in [0, 0.1) is 5.92 Å². The maximum absolute atomic E-state index is 3.46. The van der Waals surface area contributed by atoms with E-state index in [1.165, 1.54) is 71.7 Å². The average molecular weight is 238 g/mol. The molecule has 17 heavy (non-hydrogen) atoms. The van der Waals surface area contributed by atoms with Gasteiger partial charge >= 0.3 is 0 Å². The van der Waals surface area contributed by atoms with Gasteiger partial charge in [0.2, 0.25) is 0 Å². The van der Waals surface area contributed by atoms with Crippen molar-refractivity contribution in [3.63, 3.8) is 0 Å². The molecule has 0 amide bonds. The molecule has 4 heteroatoms. The van der Waals surface area contributed by atoms with E-state index in [9.17, 15) is 0 Å². The lowest BCUT2D eigenvalue weighted by atomic mass is 10.0. The van der Waals surface area contributed by atoms with Crippen LogP contribution in [0.3, 0.4) is 0 Å². The zero-order chi connectivity index (χ0) is 11.5. The van der Waals surface area contributed by atoms with Gasteiger partial charge in [-0.2, -0.15) is 0 Å². The zero-order valence-corrected chi connectivity index (χ0v) is 10.8. The standard InChI is InChI=1S/C13H26N4/c1-3-14-4-2-13(1)17-7-5-16(6-8-17)11-12-9-15-10-12/h12-15H,1-11H2. The quantitative estimate of drug-likeness (QED) is 0.699. The highest BCUT2D eigenvalue weighted by Crippen LogP contribution is 2.15. The summed E-state index contributed by atoms with van der Waals surface area (Å²) in [6.45, 7) is 11.4. The van der Waals surface area contributed by atoms with Crippen molar-refractivity contribution in [2.45, 2.75) is 18.9 Å². The van der Waals surface area contributed by atoms with Crippen molar-refractivity contribution in [2.24, 2.45) is 5.92 Å². The fraction of sp³-hybridized carbons (Fsp3) is 1.00. The molecular formula is C13H26N4. The van der Waals surface area contributed by atoms with E-state index in [0.29, 0.717) is 0 Å². The fourth-order valence-electron chi connectivity index (χ4n) is 3.33. The number of hydrogen-bond donors (Lipinski definition) is 2. The van der Waals surface area contributed by atoms with Crippen molar-refractivity contribution in [1.29, 1.82) is 0 Å². The first-order valence-electron chi connectivity index (χ1n) is 7.29. The van der Waals surface area contributed by atoms with Gasteiger partial charge in [0.05, 0.1) is 0 Å². The third kappa shape index (κ3) is 2.99. The van der Waals surface area contributed by atoms with Gasteiger partial charge in [0, 0.05) is 51.9 Å². The van der Waals surface area contributed by atoms with Crippen molar-refractivity contribution in [3.8, 4) is 0 Å². The molecule has 4 nitrogen and oxygen atoms in total. The van der Waals surface area contributed by atoms with Crippen LogP contribution in [0.2, 0.25) is 0 Å². The monoisotopic (exact) mass is 238 g/mol. The van der Waals surface area contributed by atoms with Crippen LogP contribution in [0.25, 0.3) is 0 Å². The second-order valence-corrected chi connectivity index (χ2v) is 5.84. The molecule has 2 N–H and O–H groups in total. The van der Waals surface area contributed by atoms with Gasteiger partial charge in [0.25, 0.3) is 0 Å². The lowest BCUT2D eigenvalue weighted by Crippen LogP contribution is -2.55. The molecule has 0 aliphatic carbocycles. The van der Waals surface area contributed by atoms with E-state index in [4.69, 9.17) is 0 Å². The van der Waals surface area contributed by atoms with Gasteiger partial charge in [-0.3, -0.25) is 4.90 Å². The van der Waals surface area contributed by atoms with E-state index < -0.39 is 0 Å². The van der Waals surface area contributed by atoms with Gasteiger partial charge in [0.15, 0.2) is 0 Å². The van der Waals surface area contributed by atoms with E-state index in [1.54, 1.807) is 0 Å². The summed E-state index contributed by atoms with van der Waals surface area (Å²) >= 11 is 0. The smallest absolute Gasteiger partial charge is 0.0120 e. The van der Waals surface area contributed by atoms with Crippen LogP contribution < -0.4 is 10.6 Å². The number of nitrogens with one attached hydrogen (secondary N) is 2. The average Bonchev–Trinajstić information content (AvgIpc) is 2.36. The first kappa shape index (κ1) is 11.9. The number of rotatable bonds is 3. The van der Waals surface area contributed by atoms with E-state index >= 15 is 0 Å². The number of piperidine rings is 1. The molecule has 3 aliphatic rings. The largest absolute Gasteiger partial charge is 0.317 e. The molecular weight excluding hydrogens is 212 g/mol. The minimum atomic E-state index is 0.865. The highest BCUT2D eigenvalue weighted by atomic mass is 15.3. The van der Waals surface area contributed by atoms with Crippen molar-refractivity contribution >= 4 is 0 Å². The summed E-state index contributed by atoms with van der Waals surface area (Å²) in [7, 11) is 0. The lowest BCUT2D eigenvalue weighted by molar-refractivity contribution is 0.0680. The Hall–Kier alpha value is -0.160. The number of hydrogen-bond acceptors (Lipinski definition) is 4. The SMILES string of the molecule is C1CC(N2CCN(CC3CNC3)CC2)CCN1. The Kier molecular flexibility index (Phi) is 3.96. The predicted octanol–water partition coefficient (Wildman–Crippen LogP) is -0.425. The summed E-state index contributed by atoms with van der Waals surface area (Å²) in [6, 6.07) is 0.865. The maximum Gasteiger partial charge on any atom is 0.0120 e. The van der Waals surface area contributed by atoms with Crippen molar-refractivity contribution in [1.82, 2.24) is 20.4 Å². The molecule has 3 rings (SSSR count). The highest BCUT2D eigenvalue weighted by molar-refractivity contribution is 4.84. The first-order valence-corrected chi connectivity index (χ1v) is 7.29. The van der Waals surface area contributed by atoms with Gasteiger partial charge in [0.1, 0.15) is 0 Å². The molecule has 3 aliphatic heterocycles. The summed E-state index contributed by atoms with van der Waals surface area (Å²) in [6.07, 6.45) is 2.71. The molecule has 0 unspecified atom stereocenters. The third-order valence-corrected chi connectivity index (χ3v) is 4.61. The molecule has 0 aromatic heterocycles. The number of piperazine rings is 1. The molecule has 0 aromatic rings. The van der Waals surface area contributed by atoms with Crippen LogP contribution in [0.5, 0.6) is 0 Å². The van der Waals surface area contributed by atoms with Gasteiger partial charge in [-0.15, -0.1) is 0 Å². The van der Waals surface area contributed by atoms with Gasteiger partial charge in [-0.25, -0.2) is 0 Å². The van der Waals surface area contributed by atoms with Crippen LogP contribution in [0.1, 0.15) is 12.8 Å². The molecule has 0 atom stereocenters. The van der Waals surface area contributed by atoms with Crippen LogP contribution in [0.4, 0.5) is 0 Å². The van der Waals surface area contributed by atoms with E-state index in [1.807, 2.05) is 0 Å². The molecule has 98 valence electrons. The van der Waals surface area contributed by atoms with Crippen LogP contribution in [-0.2, 0) is 0 Å². The maximum atomic E-state index is 3.46. The van der Waals surface area contributed by atoms with Gasteiger partial charge in [-0.1, -0.05) is 0 Å². The van der Waals surface area contributed by atoms with Crippen molar-refractivity contribution < 1.29 is 0 Å². The topological polar surface area (TPSA) is 30.5 Å². The van der Waals surface area contributed by atoms with Gasteiger partial charge < -0.3 is 15.5 Å². The van der Waals surface area contributed by atoms with E-state index in [-0.39, 0.29) is 0 Å². The molecule has 0 bridgehead atoms. The Balaban J connectivity index is 1.40.